The third-order valence-corrected chi connectivity index (χ3v) is 3.90. The second-order valence-corrected chi connectivity index (χ2v) is 5.87. The van der Waals surface area contributed by atoms with E-state index < -0.39 is 0 Å². The van der Waals surface area contributed by atoms with E-state index in [1.807, 2.05) is 13.8 Å². The van der Waals surface area contributed by atoms with Crippen LogP contribution in [-0.2, 0) is 0 Å². The fourth-order valence-corrected chi connectivity index (χ4v) is 2.62. The number of hydrogen-bond acceptors (Lipinski definition) is 5. The summed E-state index contributed by atoms with van der Waals surface area (Å²) in [5.41, 5.74) is 6.44. The number of nitrogen functional groups attached to an aromatic ring is 1. The molecule has 2 heterocycles. The zero-order valence-corrected chi connectivity index (χ0v) is 12.7. The maximum Gasteiger partial charge on any atom is 0.275 e. The Labute approximate surface area is 125 Å². The highest BCUT2D eigenvalue weighted by molar-refractivity contribution is 5.97. The Bertz CT molecular complexity index is 504. The number of hydrogen-bond donors (Lipinski definition) is 2. The molecule has 1 aromatic rings. The zero-order chi connectivity index (χ0) is 15.4. The molecule has 6 nitrogen and oxygen atoms in total. The first-order chi connectivity index (χ1) is 10.0. The molecule has 6 heteroatoms. The van der Waals surface area contributed by atoms with Crippen LogP contribution in [0.3, 0.4) is 0 Å². The summed E-state index contributed by atoms with van der Waals surface area (Å²) in [4.78, 5) is 23.0. The van der Waals surface area contributed by atoms with E-state index in [2.05, 4.69) is 9.97 Å². The van der Waals surface area contributed by atoms with Crippen molar-refractivity contribution in [2.24, 2.45) is 0 Å². The van der Waals surface area contributed by atoms with Gasteiger partial charge in [-0.3, -0.25) is 4.79 Å². The van der Waals surface area contributed by atoms with E-state index in [9.17, 15) is 9.90 Å². The van der Waals surface area contributed by atoms with Crippen LogP contribution in [0, 0.1) is 0 Å². The van der Waals surface area contributed by atoms with Crippen molar-refractivity contribution in [3.05, 3.63) is 17.7 Å². The lowest BCUT2D eigenvalue weighted by Crippen LogP contribution is -2.42. The highest BCUT2D eigenvalue weighted by atomic mass is 16.3. The standard InChI is InChI=1S/C15H24N4O2/c1-10(2)14-17-8-12(16)13(18-14)15(21)19-7-5-3-4-6-11(19)9-20/h8,10-11,20H,3-7,9,16H2,1-2H3. The number of amides is 1. The Morgan fingerprint density at radius 1 is 1.48 bits per heavy atom. The lowest BCUT2D eigenvalue weighted by atomic mass is 10.1. The van der Waals surface area contributed by atoms with Crippen LogP contribution in [-0.4, -0.2) is 45.1 Å². The summed E-state index contributed by atoms with van der Waals surface area (Å²) in [6.07, 6.45) is 5.39. The van der Waals surface area contributed by atoms with Gasteiger partial charge < -0.3 is 15.7 Å². The predicted molar refractivity (Wildman–Crippen MR) is 80.9 cm³/mol. The van der Waals surface area contributed by atoms with Crippen LogP contribution >= 0.6 is 0 Å². The van der Waals surface area contributed by atoms with Gasteiger partial charge in [-0.2, -0.15) is 0 Å². The summed E-state index contributed by atoms with van der Waals surface area (Å²) in [5, 5.41) is 9.54. The molecule has 0 aliphatic carbocycles. The number of aromatic nitrogens is 2. The molecule has 21 heavy (non-hydrogen) atoms. The third kappa shape index (κ3) is 3.50. The largest absolute Gasteiger partial charge is 0.396 e. The fraction of sp³-hybridized carbons (Fsp3) is 0.667. The monoisotopic (exact) mass is 292 g/mol. The van der Waals surface area contributed by atoms with Crippen molar-refractivity contribution in [1.82, 2.24) is 14.9 Å². The first-order valence-corrected chi connectivity index (χ1v) is 7.58. The smallest absolute Gasteiger partial charge is 0.275 e. The van der Waals surface area contributed by atoms with Crippen molar-refractivity contribution in [3.8, 4) is 0 Å². The Hall–Kier alpha value is -1.69. The number of aliphatic hydroxyl groups excluding tert-OH is 1. The van der Waals surface area contributed by atoms with E-state index in [1.54, 1.807) is 4.90 Å². The third-order valence-electron chi connectivity index (χ3n) is 3.90. The van der Waals surface area contributed by atoms with Crippen molar-refractivity contribution >= 4 is 11.6 Å². The Morgan fingerprint density at radius 3 is 2.90 bits per heavy atom. The molecule has 0 saturated carbocycles. The number of likely N-dealkylation sites (tertiary alicyclic amines) is 1. The molecule has 0 spiro atoms. The minimum atomic E-state index is -0.197. The predicted octanol–water partition coefficient (Wildman–Crippen LogP) is 1.56. The molecule has 1 aliphatic rings. The molecule has 0 bridgehead atoms. The molecule has 1 amide bonds. The molecule has 1 aromatic heterocycles. The van der Waals surface area contributed by atoms with Crippen LogP contribution in [0.2, 0.25) is 0 Å². The quantitative estimate of drug-likeness (QED) is 0.882. The highest BCUT2D eigenvalue weighted by Gasteiger charge is 2.28. The maximum atomic E-state index is 12.8. The summed E-state index contributed by atoms with van der Waals surface area (Å²) >= 11 is 0. The number of anilines is 1. The van der Waals surface area contributed by atoms with Crippen molar-refractivity contribution in [2.45, 2.75) is 51.5 Å². The molecule has 0 aromatic carbocycles. The molecule has 1 atom stereocenters. The fourth-order valence-electron chi connectivity index (χ4n) is 2.62. The number of nitrogens with two attached hydrogens (primary N) is 1. The first-order valence-electron chi connectivity index (χ1n) is 7.58. The molecular weight excluding hydrogens is 268 g/mol. The summed E-state index contributed by atoms with van der Waals surface area (Å²) in [7, 11) is 0. The normalized spacial score (nSPS) is 19.6. The van der Waals surface area contributed by atoms with Crippen molar-refractivity contribution < 1.29 is 9.90 Å². The van der Waals surface area contributed by atoms with Crippen molar-refractivity contribution in [2.75, 3.05) is 18.9 Å². The van der Waals surface area contributed by atoms with Gasteiger partial charge in [-0.05, 0) is 12.8 Å². The average molecular weight is 292 g/mol. The van der Waals surface area contributed by atoms with Crippen LogP contribution in [0.4, 0.5) is 5.69 Å². The van der Waals surface area contributed by atoms with E-state index >= 15 is 0 Å². The van der Waals surface area contributed by atoms with Crippen LogP contribution in [0.25, 0.3) is 0 Å². The average Bonchev–Trinajstić information content (AvgIpc) is 2.71. The Kier molecular flexibility index (Phi) is 5.12. The van der Waals surface area contributed by atoms with Gasteiger partial charge in [0.2, 0.25) is 0 Å². The van der Waals surface area contributed by atoms with Gasteiger partial charge >= 0.3 is 0 Å². The van der Waals surface area contributed by atoms with Gasteiger partial charge in [-0.1, -0.05) is 26.7 Å². The van der Waals surface area contributed by atoms with Gasteiger partial charge in [0.05, 0.1) is 24.5 Å². The van der Waals surface area contributed by atoms with E-state index in [1.165, 1.54) is 6.20 Å². The molecule has 1 saturated heterocycles. The maximum absolute atomic E-state index is 12.8. The summed E-state index contributed by atoms with van der Waals surface area (Å²) < 4.78 is 0. The minimum absolute atomic E-state index is 0.0201. The SMILES string of the molecule is CC(C)c1ncc(N)c(C(=O)N2CCCCCC2CO)n1. The molecule has 1 fully saturated rings. The minimum Gasteiger partial charge on any atom is -0.396 e. The molecule has 0 radical (unpaired) electrons. The van der Waals surface area contributed by atoms with Crippen LogP contribution in [0.5, 0.6) is 0 Å². The van der Waals surface area contributed by atoms with Crippen molar-refractivity contribution in [1.29, 1.82) is 0 Å². The Balaban J connectivity index is 2.31. The van der Waals surface area contributed by atoms with Gasteiger partial charge in [0, 0.05) is 12.5 Å². The van der Waals surface area contributed by atoms with E-state index in [0.29, 0.717) is 18.1 Å². The van der Waals surface area contributed by atoms with Crippen LogP contribution < -0.4 is 5.73 Å². The van der Waals surface area contributed by atoms with E-state index in [0.717, 1.165) is 25.7 Å². The topological polar surface area (TPSA) is 92.3 Å². The van der Waals surface area contributed by atoms with Crippen LogP contribution in [0.1, 0.15) is 61.8 Å². The van der Waals surface area contributed by atoms with Gasteiger partial charge in [-0.25, -0.2) is 9.97 Å². The molecule has 2 rings (SSSR count). The second-order valence-electron chi connectivity index (χ2n) is 5.87. The van der Waals surface area contributed by atoms with Crippen molar-refractivity contribution in [3.63, 3.8) is 0 Å². The van der Waals surface area contributed by atoms with Gasteiger partial charge in [0.1, 0.15) is 5.82 Å². The number of carbonyl (C=O) groups is 1. The number of rotatable bonds is 3. The van der Waals surface area contributed by atoms with E-state index in [-0.39, 0.29) is 30.2 Å². The number of nitrogens with zero attached hydrogens (tertiary/aromatic N) is 3. The van der Waals surface area contributed by atoms with Gasteiger partial charge in [0.15, 0.2) is 5.69 Å². The zero-order valence-electron chi connectivity index (χ0n) is 12.7. The second kappa shape index (κ2) is 6.85. The lowest BCUT2D eigenvalue weighted by molar-refractivity contribution is 0.0594. The summed E-state index contributed by atoms with van der Waals surface area (Å²) in [5.74, 6) is 0.551. The molecule has 3 N–H and O–H groups in total. The van der Waals surface area contributed by atoms with Crippen LogP contribution in [0.15, 0.2) is 6.20 Å². The Morgan fingerprint density at radius 2 is 2.24 bits per heavy atom. The van der Waals surface area contributed by atoms with E-state index in [4.69, 9.17) is 5.73 Å². The number of aliphatic hydroxyl groups is 1. The molecule has 116 valence electrons. The first kappa shape index (κ1) is 15.7. The number of carbonyl (C=O) groups excluding carboxylic acids is 1. The lowest BCUT2D eigenvalue weighted by Gasteiger charge is -2.28. The highest BCUT2D eigenvalue weighted by Crippen LogP contribution is 2.21. The molecule has 1 aliphatic heterocycles. The van der Waals surface area contributed by atoms with Gasteiger partial charge in [-0.15, -0.1) is 0 Å². The summed E-state index contributed by atoms with van der Waals surface area (Å²) in [6, 6.07) is -0.142. The summed E-state index contributed by atoms with van der Waals surface area (Å²) in [6.45, 7) is 4.57. The molecule has 1 unspecified atom stereocenters. The molecular formula is C15H24N4O2. The van der Waals surface area contributed by atoms with Gasteiger partial charge in [0.25, 0.3) is 5.91 Å².